The van der Waals surface area contributed by atoms with Gasteiger partial charge in [0.25, 0.3) is 5.91 Å². The van der Waals surface area contributed by atoms with Crippen molar-refractivity contribution in [1.82, 2.24) is 0 Å². The molecule has 0 aliphatic carbocycles. The summed E-state index contributed by atoms with van der Waals surface area (Å²) < 4.78 is 0.708. The summed E-state index contributed by atoms with van der Waals surface area (Å²) in [5, 5.41) is 11.6. The number of hydrogen-bond donors (Lipinski definition) is 2. The summed E-state index contributed by atoms with van der Waals surface area (Å²) in [5.74, 6) is -1.37. The minimum atomic E-state index is -1.07. The first kappa shape index (κ1) is 14.4. The van der Waals surface area contributed by atoms with E-state index < -0.39 is 5.97 Å². The van der Waals surface area contributed by atoms with E-state index in [2.05, 4.69) is 21.2 Å². The minimum Gasteiger partial charge on any atom is -0.478 e. The van der Waals surface area contributed by atoms with Crippen molar-refractivity contribution in [1.29, 1.82) is 0 Å². The Morgan fingerprint density at radius 3 is 2.67 bits per heavy atom. The maximum atomic E-state index is 11.8. The van der Waals surface area contributed by atoms with Gasteiger partial charge in [-0.1, -0.05) is 28.9 Å². The topological polar surface area (TPSA) is 66.4 Å². The van der Waals surface area contributed by atoms with Gasteiger partial charge in [-0.25, -0.2) is 4.79 Å². The first-order valence-corrected chi connectivity index (χ1v) is 6.26. The molecule has 0 spiro atoms. The quantitative estimate of drug-likeness (QED) is 0.837. The van der Waals surface area contributed by atoms with Gasteiger partial charge in [0.1, 0.15) is 0 Å². The predicted octanol–water partition coefficient (Wildman–Crippen LogP) is 3.44. The van der Waals surface area contributed by atoms with Crippen LogP contribution in [0.4, 0.5) is 5.69 Å². The van der Waals surface area contributed by atoms with Gasteiger partial charge in [-0.2, -0.15) is 0 Å². The van der Waals surface area contributed by atoms with Gasteiger partial charge in [-0.15, -0.1) is 0 Å². The average Bonchev–Trinajstić information content (AvgIpc) is 2.28. The van der Waals surface area contributed by atoms with Crippen LogP contribution < -0.4 is 5.32 Å². The first-order chi connectivity index (χ1) is 8.45. The van der Waals surface area contributed by atoms with Crippen molar-refractivity contribution >= 4 is 33.5 Å². The summed E-state index contributed by atoms with van der Waals surface area (Å²) in [6, 6.07) is 4.63. The second kappa shape index (κ2) is 6.35. The van der Waals surface area contributed by atoms with Crippen LogP contribution in [-0.4, -0.2) is 17.0 Å². The number of carbonyl (C=O) groups is 2. The van der Waals surface area contributed by atoms with E-state index >= 15 is 0 Å². The molecule has 0 heterocycles. The highest BCUT2D eigenvalue weighted by Crippen LogP contribution is 2.22. The molecular formula is C13H14BrNO3. The number of benzene rings is 1. The zero-order valence-corrected chi connectivity index (χ0v) is 11.7. The smallest absolute Gasteiger partial charge is 0.337 e. The molecule has 1 amide bonds. The molecule has 0 aromatic heterocycles. The van der Waals surface area contributed by atoms with Gasteiger partial charge >= 0.3 is 5.97 Å². The molecule has 1 aromatic rings. The fraction of sp³-hybridized carbons (Fsp3) is 0.231. The Balaban J connectivity index is 3.03. The second-order valence-corrected chi connectivity index (χ2v) is 4.66. The van der Waals surface area contributed by atoms with E-state index in [0.29, 0.717) is 10.0 Å². The van der Waals surface area contributed by atoms with E-state index in [0.717, 1.165) is 6.42 Å². The molecule has 0 unspecified atom stereocenters. The van der Waals surface area contributed by atoms with Crippen molar-refractivity contribution < 1.29 is 14.7 Å². The molecule has 1 aromatic carbocycles. The van der Waals surface area contributed by atoms with E-state index in [1.165, 1.54) is 6.07 Å². The second-order valence-electron chi connectivity index (χ2n) is 3.74. The molecule has 4 nitrogen and oxygen atoms in total. The summed E-state index contributed by atoms with van der Waals surface area (Å²) in [6.07, 6.45) is 2.54. The summed E-state index contributed by atoms with van der Waals surface area (Å²) >= 11 is 3.24. The molecule has 0 bridgehead atoms. The zero-order valence-electron chi connectivity index (χ0n) is 10.2. The highest BCUT2D eigenvalue weighted by Gasteiger charge is 2.13. The van der Waals surface area contributed by atoms with Crippen LogP contribution in [0.25, 0.3) is 0 Å². The largest absolute Gasteiger partial charge is 0.478 e. The van der Waals surface area contributed by atoms with Gasteiger partial charge in [0.2, 0.25) is 0 Å². The van der Waals surface area contributed by atoms with Crippen LogP contribution in [-0.2, 0) is 4.79 Å². The SMILES string of the molecule is CC/C=C(\C)C(=O)Nc1cc(Br)ccc1C(=O)O. The van der Waals surface area contributed by atoms with Crippen molar-refractivity contribution in [2.75, 3.05) is 5.32 Å². The molecule has 96 valence electrons. The highest BCUT2D eigenvalue weighted by molar-refractivity contribution is 9.10. The Morgan fingerprint density at radius 1 is 1.44 bits per heavy atom. The summed E-state index contributed by atoms with van der Waals surface area (Å²) in [6.45, 7) is 3.62. The predicted molar refractivity (Wildman–Crippen MR) is 73.8 cm³/mol. The number of aromatic carboxylic acids is 1. The lowest BCUT2D eigenvalue weighted by Crippen LogP contribution is -2.15. The van der Waals surface area contributed by atoms with Crippen LogP contribution in [0.1, 0.15) is 30.6 Å². The monoisotopic (exact) mass is 311 g/mol. The molecule has 5 heteroatoms. The van der Waals surface area contributed by atoms with Gasteiger partial charge < -0.3 is 10.4 Å². The molecule has 0 radical (unpaired) electrons. The van der Waals surface area contributed by atoms with E-state index in [4.69, 9.17) is 5.11 Å². The van der Waals surface area contributed by atoms with Crippen molar-refractivity contribution in [3.8, 4) is 0 Å². The van der Waals surface area contributed by atoms with Gasteiger partial charge in [0.05, 0.1) is 11.3 Å². The van der Waals surface area contributed by atoms with Gasteiger partial charge in [0, 0.05) is 10.0 Å². The Hall–Kier alpha value is -1.62. The lowest BCUT2D eigenvalue weighted by molar-refractivity contribution is -0.112. The number of nitrogens with one attached hydrogen (secondary N) is 1. The minimum absolute atomic E-state index is 0.0656. The highest BCUT2D eigenvalue weighted by atomic mass is 79.9. The number of carboxylic acids is 1. The van der Waals surface area contributed by atoms with Crippen LogP contribution in [0, 0.1) is 0 Å². The third-order valence-electron chi connectivity index (χ3n) is 2.33. The maximum absolute atomic E-state index is 11.8. The number of amides is 1. The average molecular weight is 312 g/mol. The van der Waals surface area contributed by atoms with E-state index in [9.17, 15) is 9.59 Å². The number of carbonyl (C=O) groups excluding carboxylic acids is 1. The summed E-state index contributed by atoms with van der Waals surface area (Å²) in [7, 11) is 0. The van der Waals surface area contributed by atoms with Gasteiger partial charge in [-0.3, -0.25) is 4.79 Å². The molecule has 0 aliphatic rings. The van der Waals surface area contributed by atoms with Crippen LogP contribution >= 0.6 is 15.9 Å². The number of carboxylic acid groups (broad SMARTS) is 1. The maximum Gasteiger partial charge on any atom is 0.337 e. The van der Waals surface area contributed by atoms with E-state index in [1.54, 1.807) is 25.1 Å². The first-order valence-electron chi connectivity index (χ1n) is 5.46. The Kier molecular flexibility index (Phi) is 5.09. The van der Waals surface area contributed by atoms with Crippen molar-refractivity contribution in [2.24, 2.45) is 0 Å². The van der Waals surface area contributed by atoms with Gasteiger partial charge in [-0.05, 0) is 31.5 Å². The lowest BCUT2D eigenvalue weighted by Gasteiger charge is -2.09. The number of anilines is 1. The molecule has 2 N–H and O–H groups in total. The van der Waals surface area contributed by atoms with Crippen LogP contribution in [0.5, 0.6) is 0 Å². The zero-order chi connectivity index (χ0) is 13.7. The Morgan fingerprint density at radius 2 is 2.11 bits per heavy atom. The molecule has 0 saturated carbocycles. The molecule has 0 atom stereocenters. The normalized spacial score (nSPS) is 11.2. The van der Waals surface area contributed by atoms with Crippen LogP contribution in [0.2, 0.25) is 0 Å². The van der Waals surface area contributed by atoms with Crippen molar-refractivity contribution in [3.05, 3.63) is 39.9 Å². The number of rotatable bonds is 4. The molecule has 0 fully saturated rings. The molecule has 0 aliphatic heterocycles. The standard InChI is InChI=1S/C13H14BrNO3/c1-3-4-8(2)12(16)15-11-7-9(14)5-6-10(11)13(17)18/h4-7H,3H2,1-2H3,(H,15,16)(H,17,18)/b8-4+. The third kappa shape index (κ3) is 3.70. The fourth-order valence-electron chi connectivity index (χ4n) is 1.43. The van der Waals surface area contributed by atoms with E-state index in [1.807, 2.05) is 6.92 Å². The summed E-state index contributed by atoms with van der Waals surface area (Å²) in [5.41, 5.74) is 0.912. The van der Waals surface area contributed by atoms with Crippen LogP contribution in [0.15, 0.2) is 34.3 Å². The van der Waals surface area contributed by atoms with Crippen molar-refractivity contribution in [2.45, 2.75) is 20.3 Å². The Bertz CT molecular complexity index is 509. The molecule has 18 heavy (non-hydrogen) atoms. The fourth-order valence-corrected chi connectivity index (χ4v) is 1.79. The number of hydrogen-bond acceptors (Lipinski definition) is 2. The van der Waals surface area contributed by atoms with Crippen LogP contribution in [0.3, 0.4) is 0 Å². The molecular weight excluding hydrogens is 298 g/mol. The number of halogens is 1. The lowest BCUT2D eigenvalue weighted by atomic mass is 10.1. The van der Waals surface area contributed by atoms with Crippen molar-refractivity contribution in [3.63, 3.8) is 0 Å². The number of allylic oxidation sites excluding steroid dienone is 1. The Labute approximate surface area is 114 Å². The van der Waals surface area contributed by atoms with Gasteiger partial charge in [0.15, 0.2) is 0 Å². The molecule has 1 rings (SSSR count). The third-order valence-corrected chi connectivity index (χ3v) is 2.82. The molecule has 0 saturated heterocycles. The summed E-state index contributed by atoms with van der Waals surface area (Å²) in [4.78, 5) is 22.8. The van der Waals surface area contributed by atoms with E-state index in [-0.39, 0.29) is 17.2 Å².